The number of amides is 2. The van der Waals surface area contributed by atoms with Gasteiger partial charge in [0.1, 0.15) is 29.8 Å². The molecule has 0 bridgehead atoms. The lowest BCUT2D eigenvalue weighted by molar-refractivity contribution is -1.06. The fourth-order valence-electron chi connectivity index (χ4n) is 3.77. The molecule has 0 radical (unpaired) electrons. The second kappa shape index (κ2) is 8.74. The predicted octanol–water partition coefficient (Wildman–Crippen LogP) is -0.626. The van der Waals surface area contributed by atoms with Crippen LogP contribution < -0.4 is 11.1 Å². The highest BCUT2D eigenvalue weighted by Crippen LogP contribution is 2.40. The molecule has 5 N–H and O–H groups in total. The maximum Gasteiger partial charge on any atom is 0.352 e. The third-order valence-electron chi connectivity index (χ3n) is 5.34. The Morgan fingerprint density at radius 3 is 2.76 bits per heavy atom. The standard InChI is InChI=1S/C18H21N7O6S2/c1-25(2)6-5-9(31-25)4-3-8-7-32-16-11(15(27)24(16)12(8)17(28)29)20-14(26)10(22-30)13-21-18(19)33-23-13/h3-4,9,11,16H,5-7H2,1-2H3,(H4-,19,20,21,23,26,28,29,30)/p+1/b4-3+/t9-,11+,16+/m0/s1. The molecule has 1 aromatic rings. The Kier molecular flexibility index (Phi) is 6.13. The summed E-state index contributed by atoms with van der Waals surface area (Å²) in [6.07, 6.45) is 4.16. The summed E-state index contributed by atoms with van der Waals surface area (Å²) >= 11 is 2.14. The largest absolute Gasteiger partial charge is 0.477 e. The van der Waals surface area contributed by atoms with Crippen molar-refractivity contribution in [2.45, 2.75) is 23.9 Å². The Morgan fingerprint density at radius 1 is 1.42 bits per heavy atom. The number of allylic oxidation sites excluding steroid dienone is 1. The number of oxime groups is 1. The summed E-state index contributed by atoms with van der Waals surface area (Å²) in [5, 5.41) is 23.8. The summed E-state index contributed by atoms with van der Waals surface area (Å²) in [5.41, 5.74) is 5.36. The number of hydrogen-bond acceptors (Lipinski definition) is 11. The van der Waals surface area contributed by atoms with Crippen molar-refractivity contribution in [1.29, 1.82) is 0 Å². The number of anilines is 1. The van der Waals surface area contributed by atoms with Crippen LogP contribution in [0.25, 0.3) is 0 Å². The highest BCUT2D eigenvalue weighted by molar-refractivity contribution is 8.00. The minimum atomic E-state index is -1.23. The van der Waals surface area contributed by atoms with E-state index < -0.39 is 34.9 Å². The van der Waals surface area contributed by atoms with E-state index in [0.29, 0.717) is 16.0 Å². The molecular formula is C18H22N7O6S2+. The van der Waals surface area contributed by atoms with Crippen molar-refractivity contribution in [2.24, 2.45) is 5.16 Å². The van der Waals surface area contributed by atoms with E-state index in [2.05, 4.69) is 19.8 Å². The maximum absolute atomic E-state index is 12.8. The number of nitrogens with zero attached hydrogens (tertiary/aromatic N) is 5. The van der Waals surface area contributed by atoms with Crippen LogP contribution in [-0.2, 0) is 19.2 Å². The van der Waals surface area contributed by atoms with E-state index in [-0.39, 0.29) is 22.8 Å². The molecule has 0 aromatic carbocycles. The summed E-state index contributed by atoms with van der Waals surface area (Å²) in [6, 6.07) is -0.994. The van der Waals surface area contributed by atoms with E-state index in [1.165, 1.54) is 11.8 Å². The minimum absolute atomic E-state index is 0.0787. The van der Waals surface area contributed by atoms with E-state index >= 15 is 0 Å². The first-order chi connectivity index (χ1) is 15.6. The number of hydroxylamine groups is 3. The topological polar surface area (TPSA) is 180 Å². The predicted molar refractivity (Wildman–Crippen MR) is 118 cm³/mol. The molecule has 0 unspecified atom stereocenters. The molecule has 4 rings (SSSR count). The van der Waals surface area contributed by atoms with Crippen molar-refractivity contribution in [1.82, 2.24) is 19.6 Å². The first kappa shape index (κ1) is 23.2. The molecule has 0 aliphatic carbocycles. The molecule has 0 spiro atoms. The molecule has 176 valence electrons. The number of quaternary nitrogens is 1. The number of thioether (sulfide) groups is 1. The number of nitrogens with two attached hydrogens (primary N) is 1. The molecule has 4 heterocycles. The molecule has 3 aliphatic heterocycles. The Hall–Kier alpha value is -3.01. The second-order valence-corrected chi connectivity index (χ2v) is 9.92. The number of carboxylic acid groups (broad SMARTS) is 1. The van der Waals surface area contributed by atoms with E-state index in [9.17, 15) is 24.7 Å². The van der Waals surface area contributed by atoms with Gasteiger partial charge in [-0.1, -0.05) is 11.2 Å². The molecule has 3 aliphatic rings. The summed E-state index contributed by atoms with van der Waals surface area (Å²) in [6.45, 7) is 0.838. The number of fused-ring (bicyclic) bond motifs is 1. The average molecular weight is 497 g/mol. The van der Waals surface area contributed by atoms with E-state index in [4.69, 9.17) is 10.6 Å². The third kappa shape index (κ3) is 4.44. The van der Waals surface area contributed by atoms with Gasteiger partial charge in [-0.15, -0.1) is 11.8 Å². The van der Waals surface area contributed by atoms with Gasteiger partial charge in [0.15, 0.2) is 5.13 Å². The van der Waals surface area contributed by atoms with Crippen LogP contribution in [0.4, 0.5) is 5.13 Å². The fraction of sp³-hybridized carbons (Fsp3) is 0.444. The zero-order valence-corrected chi connectivity index (χ0v) is 19.3. The van der Waals surface area contributed by atoms with Crippen molar-refractivity contribution in [3.8, 4) is 0 Å². The zero-order chi connectivity index (χ0) is 23.9. The number of nitrogens with one attached hydrogen (secondary N) is 1. The number of nitrogen functional groups attached to an aromatic ring is 1. The van der Waals surface area contributed by atoms with Gasteiger partial charge in [0.2, 0.25) is 11.5 Å². The molecule has 2 saturated heterocycles. The Morgan fingerprint density at radius 2 is 2.18 bits per heavy atom. The number of aromatic nitrogens is 2. The maximum atomic E-state index is 12.8. The molecule has 2 fully saturated rings. The van der Waals surface area contributed by atoms with Gasteiger partial charge in [-0.05, 0) is 11.6 Å². The van der Waals surface area contributed by atoms with Gasteiger partial charge in [0.05, 0.1) is 14.1 Å². The average Bonchev–Trinajstić information content (AvgIpc) is 3.34. The normalized spacial score (nSPS) is 27.0. The van der Waals surface area contributed by atoms with Crippen molar-refractivity contribution < 1.29 is 34.2 Å². The monoisotopic (exact) mass is 496 g/mol. The van der Waals surface area contributed by atoms with Crippen LogP contribution in [0.2, 0.25) is 0 Å². The number of hydrogen-bond donors (Lipinski definition) is 4. The highest BCUT2D eigenvalue weighted by atomic mass is 32.2. The Balaban J connectivity index is 1.48. The van der Waals surface area contributed by atoms with E-state index in [1.54, 1.807) is 6.08 Å². The fourth-order valence-corrected chi connectivity index (χ4v) is 5.52. The first-order valence-corrected chi connectivity index (χ1v) is 11.7. The van der Waals surface area contributed by atoms with Gasteiger partial charge in [-0.25, -0.2) is 4.79 Å². The van der Waals surface area contributed by atoms with Crippen LogP contribution in [0, 0.1) is 0 Å². The number of rotatable bonds is 6. The van der Waals surface area contributed by atoms with Crippen LogP contribution in [-0.4, -0.2) is 96.6 Å². The highest BCUT2D eigenvalue weighted by Gasteiger charge is 2.54. The van der Waals surface area contributed by atoms with Gasteiger partial charge in [0.25, 0.3) is 11.8 Å². The number of aliphatic carboxylic acids is 1. The van der Waals surface area contributed by atoms with Crippen molar-refractivity contribution >= 4 is 51.9 Å². The second-order valence-electron chi connectivity index (χ2n) is 8.03. The quantitative estimate of drug-likeness (QED) is 0.130. The lowest BCUT2D eigenvalue weighted by atomic mass is 10.0. The van der Waals surface area contributed by atoms with Crippen molar-refractivity contribution in [2.75, 3.05) is 32.1 Å². The van der Waals surface area contributed by atoms with E-state index in [0.717, 1.165) is 29.4 Å². The lowest BCUT2D eigenvalue weighted by Gasteiger charge is -2.49. The smallest absolute Gasteiger partial charge is 0.352 e. The van der Waals surface area contributed by atoms with E-state index in [1.807, 2.05) is 20.2 Å². The van der Waals surface area contributed by atoms with Crippen molar-refractivity contribution in [3.05, 3.63) is 29.2 Å². The van der Waals surface area contributed by atoms with Crippen LogP contribution in [0.3, 0.4) is 0 Å². The molecule has 13 nitrogen and oxygen atoms in total. The van der Waals surface area contributed by atoms with Crippen LogP contribution in [0.5, 0.6) is 0 Å². The summed E-state index contributed by atoms with van der Waals surface area (Å²) < 4.78 is 4.24. The number of carboxylic acids is 1. The number of carbonyl (C=O) groups is 3. The zero-order valence-electron chi connectivity index (χ0n) is 17.7. The molecule has 3 atom stereocenters. The summed E-state index contributed by atoms with van der Waals surface area (Å²) in [4.78, 5) is 48.1. The number of carbonyl (C=O) groups excluding carboxylic acids is 2. The Labute approximate surface area is 196 Å². The molecule has 1 aromatic heterocycles. The van der Waals surface area contributed by atoms with Crippen LogP contribution >= 0.6 is 23.3 Å². The number of β-lactam (4-membered cyclic amide) rings is 1. The molecule has 15 heteroatoms. The van der Waals surface area contributed by atoms with Gasteiger partial charge < -0.3 is 21.4 Å². The van der Waals surface area contributed by atoms with Gasteiger partial charge in [-0.2, -0.15) is 18.8 Å². The van der Waals surface area contributed by atoms with Crippen LogP contribution in [0.15, 0.2) is 28.6 Å². The molecule has 33 heavy (non-hydrogen) atoms. The third-order valence-corrected chi connectivity index (χ3v) is 7.19. The van der Waals surface area contributed by atoms with Gasteiger partial charge in [-0.3, -0.25) is 14.5 Å². The minimum Gasteiger partial charge on any atom is -0.477 e. The van der Waals surface area contributed by atoms with Gasteiger partial charge in [0, 0.05) is 23.7 Å². The summed E-state index contributed by atoms with van der Waals surface area (Å²) in [5.74, 6) is -2.54. The first-order valence-electron chi connectivity index (χ1n) is 9.84. The molecule has 2 amide bonds. The molecule has 0 saturated carbocycles. The van der Waals surface area contributed by atoms with Crippen LogP contribution in [0.1, 0.15) is 12.2 Å². The lowest BCUT2D eigenvalue weighted by Crippen LogP contribution is -2.71. The SMILES string of the molecule is C[N+]1(C)CC[C@H](/C=C/C2=C(C(=O)O)N3C(=O)[C@@H](NC(=O)/C(=N\O)c4nsc(N)n4)[C@H]3SC2)O1. The van der Waals surface area contributed by atoms with Gasteiger partial charge >= 0.3 is 5.97 Å². The summed E-state index contributed by atoms with van der Waals surface area (Å²) in [7, 11) is 3.88. The van der Waals surface area contributed by atoms with Crippen molar-refractivity contribution in [3.63, 3.8) is 0 Å². The molecular weight excluding hydrogens is 474 g/mol. The Bertz CT molecular complexity index is 1100.